The van der Waals surface area contributed by atoms with Crippen molar-refractivity contribution in [2.75, 3.05) is 4.72 Å². The van der Waals surface area contributed by atoms with E-state index < -0.39 is 10.0 Å². The van der Waals surface area contributed by atoms with Crippen molar-refractivity contribution in [3.63, 3.8) is 0 Å². The Hall–Kier alpha value is -1.66. The standard InChI is InChI=1S/C11H10ClN3O2S/c12-10-6-11(14-8-13-10)15-18(16,17)7-9-4-2-1-3-5-9/h1-6,8H,7H2,(H,13,14,15). The first kappa shape index (κ1) is 12.8. The topological polar surface area (TPSA) is 72.0 Å². The van der Waals surface area contributed by atoms with E-state index in [2.05, 4.69) is 14.7 Å². The van der Waals surface area contributed by atoms with Gasteiger partial charge in [0, 0.05) is 6.07 Å². The quantitative estimate of drug-likeness (QED) is 0.872. The highest BCUT2D eigenvalue weighted by molar-refractivity contribution is 7.91. The molecule has 1 aromatic heterocycles. The maximum absolute atomic E-state index is 11.9. The van der Waals surface area contributed by atoms with Crippen LogP contribution in [-0.2, 0) is 15.8 Å². The molecule has 1 heterocycles. The van der Waals surface area contributed by atoms with E-state index in [-0.39, 0.29) is 16.7 Å². The Morgan fingerprint density at radius 2 is 1.89 bits per heavy atom. The lowest BCUT2D eigenvalue weighted by Crippen LogP contribution is -2.15. The summed E-state index contributed by atoms with van der Waals surface area (Å²) in [6, 6.07) is 10.2. The number of hydrogen-bond acceptors (Lipinski definition) is 4. The molecule has 2 aromatic rings. The number of benzene rings is 1. The lowest BCUT2D eigenvalue weighted by atomic mass is 10.2. The summed E-state index contributed by atoms with van der Waals surface area (Å²) in [5.74, 6) is 0.0427. The molecule has 0 fully saturated rings. The van der Waals surface area contributed by atoms with E-state index in [1.165, 1.54) is 12.4 Å². The van der Waals surface area contributed by atoms with Gasteiger partial charge < -0.3 is 0 Å². The van der Waals surface area contributed by atoms with Crippen molar-refractivity contribution < 1.29 is 8.42 Å². The SMILES string of the molecule is O=S(=O)(Cc1ccccc1)Nc1cc(Cl)ncn1. The molecule has 0 aliphatic carbocycles. The van der Waals surface area contributed by atoms with Crippen molar-refractivity contribution in [2.24, 2.45) is 0 Å². The first-order valence-corrected chi connectivity index (χ1v) is 7.10. The minimum absolute atomic E-state index is 0.116. The molecule has 18 heavy (non-hydrogen) atoms. The van der Waals surface area contributed by atoms with E-state index in [1.807, 2.05) is 6.07 Å². The number of anilines is 1. The van der Waals surface area contributed by atoms with Gasteiger partial charge in [-0.3, -0.25) is 4.72 Å². The summed E-state index contributed by atoms with van der Waals surface area (Å²) < 4.78 is 26.1. The lowest BCUT2D eigenvalue weighted by Gasteiger charge is -2.06. The number of nitrogens with one attached hydrogen (secondary N) is 1. The van der Waals surface area contributed by atoms with E-state index in [4.69, 9.17) is 11.6 Å². The molecule has 0 saturated carbocycles. The van der Waals surface area contributed by atoms with Crippen molar-refractivity contribution in [3.8, 4) is 0 Å². The molecule has 0 atom stereocenters. The summed E-state index contributed by atoms with van der Waals surface area (Å²) in [7, 11) is -3.50. The second kappa shape index (κ2) is 5.32. The van der Waals surface area contributed by atoms with Gasteiger partial charge in [-0.25, -0.2) is 18.4 Å². The van der Waals surface area contributed by atoms with Crippen LogP contribution in [0.25, 0.3) is 0 Å². The zero-order valence-electron chi connectivity index (χ0n) is 9.25. The monoisotopic (exact) mass is 283 g/mol. The molecule has 0 bridgehead atoms. The van der Waals surface area contributed by atoms with Crippen LogP contribution < -0.4 is 4.72 Å². The van der Waals surface area contributed by atoms with E-state index in [0.29, 0.717) is 5.56 Å². The van der Waals surface area contributed by atoms with Gasteiger partial charge in [0.25, 0.3) is 0 Å². The third-order valence-electron chi connectivity index (χ3n) is 2.09. The number of halogens is 1. The second-order valence-electron chi connectivity index (χ2n) is 3.57. The van der Waals surface area contributed by atoms with E-state index >= 15 is 0 Å². The molecular weight excluding hydrogens is 274 g/mol. The van der Waals surface area contributed by atoms with Crippen molar-refractivity contribution >= 4 is 27.4 Å². The molecule has 94 valence electrons. The van der Waals surface area contributed by atoms with Gasteiger partial charge >= 0.3 is 0 Å². The number of nitrogens with zero attached hydrogens (tertiary/aromatic N) is 2. The lowest BCUT2D eigenvalue weighted by molar-refractivity contribution is 0.600. The van der Waals surface area contributed by atoms with Crippen LogP contribution >= 0.6 is 11.6 Å². The van der Waals surface area contributed by atoms with Gasteiger partial charge in [0.1, 0.15) is 17.3 Å². The summed E-state index contributed by atoms with van der Waals surface area (Å²) in [6.45, 7) is 0. The van der Waals surface area contributed by atoms with Gasteiger partial charge in [-0.05, 0) is 5.56 Å². The zero-order valence-corrected chi connectivity index (χ0v) is 10.8. The molecule has 0 amide bonds. The molecule has 0 aliphatic heterocycles. The Labute approximate surface area is 110 Å². The van der Waals surface area contributed by atoms with Crippen LogP contribution in [0.5, 0.6) is 0 Å². The molecule has 0 radical (unpaired) electrons. The Balaban J connectivity index is 2.13. The van der Waals surface area contributed by atoms with Crippen LogP contribution in [0.1, 0.15) is 5.56 Å². The van der Waals surface area contributed by atoms with E-state index in [0.717, 1.165) is 0 Å². The molecule has 0 saturated heterocycles. The normalized spacial score (nSPS) is 11.2. The van der Waals surface area contributed by atoms with Gasteiger partial charge in [0.05, 0.1) is 5.75 Å². The highest BCUT2D eigenvalue weighted by atomic mass is 35.5. The minimum atomic E-state index is -3.50. The largest absolute Gasteiger partial charge is 0.267 e. The van der Waals surface area contributed by atoms with Gasteiger partial charge in [-0.1, -0.05) is 41.9 Å². The van der Waals surface area contributed by atoms with Crippen molar-refractivity contribution in [1.29, 1.82) is 0 Å². The predicted octanol–water partition coefficient (Wildman–Crippen LogP) is 2.07. The fourth-order valence-corrected chi connectivity index (χ4v) is 2.66. The fourth-order valence-electron chi connectivity index (χ4n) is 1.38. The highest BCUT2D eigenvalue weighted by Crippen LogP contribution is 2.12. The molecule has 1 aromatic carbocycles. The summed E-state index contributed by atoms with van der Waals surface area (Å²) in [5.41, 5.74) is 0.699. The van der Waals surface area contributed by atoms with Crippen LogP contribution in [0.2, 0.25) is 5.15 Å². The number of rotatable bonds is 4. The van der Waals surface area contributed by atoms with Crippen molar-refractivity contribution in [2.45, 2.75) is 5.75 Å². The molecule has 1 N–H and O–H groups in total. The van der Waals surface area contributed by atoms with Gasteiger partial charge in [-0.15, -0.1) is 0 Å². The Morgan fingerprint density at radius 3 is 2.56 bits per heavy atom. The number of sulfonamides is 1. The molecule has 0 spiro atoms. The Kier molecular flexibility index (Phi) is 3.78. The van der Waals surface area contributed by atoms with Crippen molar-refractivity contribution in [1.82, 2.24) is 9.97 Å². The van der Waals surface area contributed by atoms with Gasteiger partial charge in [0.2, 0.25) is 10.0 Å². The number of hydrogen-bond donors (Lipinski definition) is 1. The summed E-state index contributed by atoms with van der Waals surface area (Å²) in [5, 5.41) is 0.183. The van der Waals surface area contributed by atoms with E-state index in [9.17, 15) is 8.42 Å². The Bertz CT molecular complexity index is 632. The highest BCUT2D eigenvalue weighted by Gasteiger charge is 2.12. The summed E-state index contributed by atoms with van der Waals surface area (Å²) >= 11 is 5.65. The number of aromatic nitrogens is 2. The third-order valence-corrected chi connectivity index (χ3v) is 3.53. The Morgan fingerprint density at radius 1 is 1.17 bits per heavy atom. The van der Waals surface area contributed by atoms with Crippen LogP contribution in [0, 0.1) is 0 Å². The summed E-state index contributed by atoms with van der Waals surface area (Å²) in [4.78, 5) is 7.45. The molecule has 7 heteroatoms. The van der Waals surface area contributed by atoms with Gasteiger partial charge in [0.15, 0.2) is 0 Å². The van der Waals surface area contributed by atoms with E-state index in [1.54, 1.807) is 24.3 Å². The fraction of sp³-hybridized carbons (Fsp3) is 0.0909. The maximum Gasteiger partial charge on any atom is 0.238 e. The minimum Gasteiger partial charge on any atom is -0.267 e. The van der Waals surface area contributed by atoms with Crippen LogP contribution in [0.3, 0.4) is 0 Å². The smallest absolute Gasteiger partial charge is 0.238 e. The molecule has 0 aliphatic rings. The molecule has 0 unspecified atom stereocenters. The van der Waals surface area contributed by atoms with Crippen LogP contribution in [-0.4, -0.2) is 18.4 Å². The average Bonchev–Trinajstić information content (AvgIpc) is 2.28. The summed E-state index contributed by atoms with van der Waals surface area (Å²) in [6.07, 6.45) is 1.20. The first-order chi connectivity index (χ1) is 8.55. The zero-order chi connectivity index (χ0) is 13.0. The third kappa shape index (κ3) is 3.68. The molecule has 2 rings (SSSR count). The molecule has 5 nitrogen and oxygen atoms in total. The van der Waals surface area contributed by atoms with Gasteiger partial charge in [-0.2, -0.15) is 0 Å². The first-order valence-electron chi connectivity index (χ1n) is 5.07. The maximum atomic E-state index is 11.9. The average molecular weight is 284 g/mol. The van der Waals surface area contributed by atoms with Crippen LogP contribution in [0.4, 0.5) is 5.82 Å². The van der Waals surface area contributed by atoms with Crippen LogP contribution in [0.15, 0.2) is 42.7 Å². The predicted molar refractivity (Wildman–Crippen MR) is 69.7 cm³/mol. The molecular formula is C11H10ClN3O2S. The second-order valence-corrected chi connectivity index (χ2v) is 5.68. The van der Waals surface area contributed by atoms with Crippen molar-refractivity contribution in [3.05, 3.63) is 53.4 Å².